The third kappa shape index (κ3) is 12.6. The maximum Gasteiger partial charge on any atom is 0.254 e. The lowest BCUT2D eigenvalue weighted by Crippen LogP contribution is -2.41. The molecule has 14 heteroatoms. The number of carbonyl (C=O) groups excluding carboxylic acids is 6. The van der Waals surface area contributed by atoms with E-state index in [9.17, 15) is 28.8 Å². The van der Waals surface area contributed by atoms with Crippen molar-refractivity contribution in [3.05, 3.63) is 12.2 Å². The van der Waals surface area contributed by atoms with Gasteiger partial charge in [0.05, 0.1) is 13.2 Å². The fraction of sp³-hybridized carbons (Fsp3) is 0.600. The summed E-state index contributed by atoms with van der Waals surface area (Å²) < 4.78 is 5.27. The lowest BCUT2D eigenvalue weighted by Gasteiger charge is -2.13. The van der Waals surface area contributed by atoms with E-state index in [-0.39, 0.29) is 76.6 Å². The van der Waals surface area contributed by atoms with Gasteiger partial charge in [-0.2, -0.15) is 0 Å². The van der Waals surface area contributed by atoms with Gasteiger partial charge in [0.15, 0.2) is 0 Å². The first-order chi connectivity index (χ1) is 16.2. The zero-order valence-corrected chi connectivity index (χ0v) is 18.8. The number of nitrogens with one attached hydrogen (secondary N) is 4. The topological polar surface area (TPSA) is 209 Å². The smallest absolute Gasteiger partial charge is 0.254 e. The molecule has 14 nitrogen and oxygen atoms in total. The van der Waals surface area contributed by atoms with Gasteiger partial charge in [-0.25, -0.2) is 0 Å². The van der Waals surface area contributed by atoms with Crippen LogP contribution in [-0.2, 0) is 33.5 Å². The summed E-state index contributed by atoms with van der Waals surface area (Å²) in [5, 5.41) is 18.8. The summed E-state index contributed by atoms with van der Waals surface area (Å²) in [6, 6.07) is -0.374. The van der Waals surface area contributed by atoms with E-state index < -0.39 is 30.2 Å². The van der Waals surface area contributed by atoms with Gasteiger partial charge in [-0.05, 0) is 6.42 Å². The van der Waals surface area contributed by atoms with Crippen LogP contribution in [0, 0.1) is 0 Å². The molecule has 1 aliphatic rings. The lowest BCUT2D eigenvalue weighted by molar-refractivity contribution is -0.141. The quantitative estimate of drug-likeness (QED) is 0.0873. The summed E-state index contributed by atoms with van der Waals surface area (Å²) >= 11 is 0. The normalized spacial score (nSPS) is 13.5. The molecule has 0 aromatic heterocycles. The predicted molar refractivity (Wildman–Crippen MR) is 118 cm³/mol. The van der Waals surface area contributed by atoms with Gasteiger partial charge in [-0.15, -0.1) is 0 Å². The summed E-state index contributed by atoms with van der Waals surface area (Å²) in [5.41, 5.74) is 5.81. The van der Waals surface area contributed by atoms with Crippen molar-refractivity contribution in [1.82, 2.24) is 26.2 Å². The first kappa shape index (κ1) is 28.7. The van der Waals surface area contributed by atoms with Crippen molar-refractivity contribution in [1.29, 1.82) is 0 Å². The summed E-state index contributed by atoms with van der Waals surface area (Å²) in [6.07, 6.45) is 2.60. The molecule has 0 spiro atoms. The molecular formula is C20H32N6O8. The number of ether oxygens (including phenoxy) is 1. The van der Waals surface area contributed by atoms with E-state index in [1.165, 1.54) is 0 Å². The molecule has 0 aromatic carbocycles. The average molecular weight is 485 g/mol. The van der Waals surface area contributed by atoms with Crippen molar-refractivity contribution >= 4 is 35.4 Å². The third-order valence-electron chi connectivity index (χ3n) is 4.46. The standard InChI is InChI=1S/C20H32N6O8/c21-14(5-6-22-18(31)13-27)11-25-16(29)2-1-15(28)23-7-9-34-10-8-24-17(30)12-26-19(32)3-4-20(26)33/h3-4,14,27H,1-2,5-13,21H2,(H,22,31)(H,23,28)(H,24,30)(H,25,29)/t14-/m0/s1. The Morgan fingerprint density at radius 2 is 1.38 bits per heavy atom. The SMILES string of the molecule is N[C@@H](CCNC(=O)CO)CNC(=O)CCC(=O)NCCOCCNC(=O)CN1C(=O)C=CC1=O. The third-order valence-corrected chi connectivity index (χ3v) is 4.46. The highest BCUT2D eigenvalue weighted by atomic mass is 16.5. The second-order valence-electron chi connectivity index (χ2n) is 7.27. The Morgan fingerprint density at radius 3 is 1.97 bits per heavy atom. The van der Waals surface area contributed by atoms with Crippen LogP contribution in [0.1, 0.15) is 19.3 Å². The van der Waals surface area contributed by atoms with E-state index in [1.807, 2.05) is 0 Å². The molecule has 0 radical (unpaired) electrons. The van der Waals surface area contributed by atoms with E-state index >= 15 is 0 Å². The number of aliphatic hydroxyl groups excluding tert-OH is 1. The van der Waals surface area contributed by atoms with Crippen LogP contribution in [0.15, 0.2) is 12.2 Å². The van der Waals surface area contributed by atoms with E-state index in [4.69, 9.17) is 15.6 Å². The Morgan fingerprint density at radius 1 is 0.853 bits per heavy atom. The van der Waals surface area contributed by atoms with Crippen LogP contribution in [0.2, 0.25) is 0 Å². The summed E-state index contributed by atoms with van der Waals surface area (Å²) in [5.74, 6) is -2.70. The first-order valence-corrected chi connectivity index (χ1v) is 10.8. The number of carbonyl (C=O) groups is 6. The molecule has 1 atom stereocenters. The van der Waals surface area contributed by atoms with Gasteiger partial charge >= 0.3 is 0 Å². The van der Waals surface area contributed by atoms with E-state index in [2.05, 4.69) is 21.3 Å². The van der Waals surface area contributed by atoms with Crippen LogP contribution in [0.5, 0.6) is 0 Å². The van der Waals surface area contributed by atoms with Gasteiger partial charge in [-0.3, -0.25) is 33.7 Å². The molecular weight excluding hydrogens is 452 g/mol. The fourth-order valence-corrected chi connectivity index (χ4v) is 2.62. The number of amides is 6. The second kappa shape index (κ2) is 16.3. The van der Waals surface area contributed by atoms with Crippen LogP contribution in [-0.4, -0.2) is 104 Å². The van der Waals surface area contributed by atoms with Gasteiger partial charge in [0.1, 0.15) is 13.2 Å². The van der Waals surface area contributed by atoms with Crippen LogP contribution in [0.3, 0.4) is 0 Å². The van der Waals surface area contributed by atoms with Gasteiger partial charge in [0, 0.05) is 57.2 Å². The molecule has 1 rings (SSSR count). The van der Waals surface area contributed by atoms with E-state index in [0.717, 1.165) is 17.1 Å². The Hall–Kier alpha value is -3.36. The molecule has 0 aromatic rings. The van der Waals surface area contributed by atoms with Crippen molar-refractivity contribution in [3.8, 4) is 0 Å². The number of nitrogens with two attached hydrogens (primary N) is 1. The number of rotatable bonds is 17. The average Bonchev–Trinajstić information content (AvgIpc) is 3.12. The molecule has 190 valence electrons. The Balaban J connectivity index is 1.97. The van der Waals surface area contributed by atoms with Crippen LogP contribution in [0.4, 0.5) is 0 Å². The molecule has 0 fully saturated rings. The van der Waals surface area contributed by atoms with Crippen LogP contribution >= 0.6 is 0 Å². The summed E-state index contributed by atoms with van der Waals surface area (Å²) in [4.78, 5) is 69.7. The van der Waals surface area contributed by atoms with Gasteiger partial charge in [0.2, 0.25) is 23.6 Å². The first-order valence-electron chi connectivity index (χ1n) is 10.8. The fourth-order valence-electron chi connectivity index (χ4n) is 2.62. The van der Waals surface area contributed by atoms with Crippen LogP contribution < -0.4 is 27.0 Å². The van der Waals surface area contributed by atoms with Crippen molar-refractivity contribution < 1.29 is 38.6 Å². The van der Waals surface area contributed by atoms with Crippen molar-refractivity contribution in [2.75, 3.05) is 52.5 Å². The minimum absolute atomic E-state index is 0.00746. The van der Waals surface area contributed by atoms with Gasteiger partial charge in [0.25, 0.3) is 11.8 Å². The highest BCUT2D eigenvalue weighted by molar-refractivity contribution is 6.14. The number of hydrogen-bond acceptors (Lipinski definition) is 9. The Kier molecular flexibility index (Phi) is 13.7. The van der Waals surface area contributed by atoms with Crippen LogP contribution in [0.25, 0.3) is 0 Å². The number of nitrogens with zero attached hydrogens (tertiary/aromatic N) is 1. The monoisotopic (exact) mass is 484 g/mol. The lowest BCUT2D eigenvalue weighted by atomic mass is 10.2. The number of hydrogen-bond donors (Lipinski definition) is 6. The largest absolute Gasteiger partial charge is 0.387 e. The number of aliphatic hydroxyl groups is 1. The summed E-state index contributed by atoms with van der Waals surface area (Å²) in [7, 11) is 0. The molecule has 0 saturated heterocycles. The summed E-state index contributed by atoms with van der Waals surface area (Å²) in [6.45, 7) is 0.296. The zero-order chi connectivity index (χ0) is 25.3. The highest BCUT2D eigenvalue weighted by Gasteiger charge is 2.25. The molecule has 6 amide bonds. The van der Waals surface area contributed by atoms with Crippen molar-refractivity contribution in [2.45, 2.75) is 25.3 Å². The van der Waals surface area contributed by atoms with E-state index in [0.29, 0.717) is 6.42 Å². The maximum atomic E-state index is 11.8. The maximum absolute atomic E-state index is 11.8. The second-order valence-corrected chi connectivity index (χ2v) is 7.27. The Labute approximate surface area is 196 Å². The van der Waals surface area contributed by atoms with Crippen molar-refractivity contribution in [2.24, 2.45) is 5.73 Å². The molecule has 0 unspecified atom stereocenters. The van der Waals surface area contributed by atoms with Gasteiger partial charge in [-0.1, -0.05) is 0 Å². The van der Waals surface area contributed by atoms with Gasteiger partial charge < -0.3 is 36.8 Å². The minimum atomic E-state index is -0.594. The molecule has 1 aliphatic heterocycles. The zero-order valence-electron chi connectivity index (χ0n) is 18.8. The molecule has 0 saturated carbocycles. The Bertz CT molecular complexity index is 754. The highest BCUT2D eigenvalue weighted by Crippen LogP contribution is 2.02. The predicted octanol–water partition coefficient (Wildman–Crippen LogP) is -4.12. The van der Waals surface area contributed by atoms with Crippen molar-refractivity contribution in [3.63, 3.8) is 0 Å². The number of imide groups is 1. The molecule has 34 heavy (non-hydrogen) atoms. The van der Waals surface area contributed by atoms with E-state index in [1.54, 1.807) is 0 Å². The minimum Gasteiger partial charge on any atom is -0.387 e. The molecule has 1 heterocycles. The molecule has 0 bridgehead atoms. The molecule has 0 aliphatic carbocycles. The molecule has 7 N–H and O–H groups in total.